The average Bonchev–Trinajstić information content (AvgIpc) is 2.55. The summed E-state index contributed by atoms with van der Waals surface area (Å²) in [7, 11) is 1.35. The summed E-state index contributed by atoms with van der Waals surface area (Å²) in [5, 5.41) is 2.92. The number of hydrogen-bond acceptors (Lipinski definition) is 4. The summed E-state index contributed by atoms with van der Waals surface area (Å²) in [6, 6.07) is 7.37. The zero-order valence-corrected chi connectivity index (χ0v) is 13.9. The summed E-state index contributed by atoms with van der Waals surface area (Å²) in [5.41, 5.74) is 0.654. The number of hydrogen-bond donors (Lipinski definition) is 1. The van der Waals surface area contributed by atoms with Gasteiger partial charge in [-0.05, 0) is 38.8 Å². The van der Waals surface area contributed by atoms with E-state index in [1.54, 1.807) is 4.90 Å². The molecule has 0 aliphatic carbocycles. The first-order valence-electron chi connectivity index (χ1n) is 7.90. The molecule has 1 unspecified atom stereocenters. The zero-order valence-electron chi connectivity index (χ0n) is 13.9. The van der Waals surface area contributed by atoms with Crippen LogP contribution in [-0.4, -0.2) is 43.2 Å². The van der Waals surface area contributed by atoms with Crippen LogP contribution >= 0.6 is 0 Å². The number of carbonyl (C=O) groups excluding carboxylic acids is 2. The van der Waals surface area contributed by atoms with Crippen molar-refractivity contribution in [1.82, 2.24) is 4.90 Å². The number of nitrogens with one attached hydrogen (secondary N) is 1. The van der Waals surface area contributed by atoms with E-state index in [2.05, 4.69) is 5.32 Å². The van der Waals surface area contributed by atoms with Crippen LogP contribution in [0, 0.1) is 5.92 Å². The van der Waals surface area contributed by atoms with Crippen molar-refractivity contribution in [1.29, 1.82) is 0 Å². The fraction of sp³-hybridized carbons (Fsp3) is 0.529. The van der Waals surface area contributed by atoms with Crippen molar-refractivity contribution < 1.29 is 19.1 Å². The number of para-hydroxylation sites is 2. The average molecular weight is 320 g/mol. The van der Waals surface area contributed by atoms with Crippen molar-refractivity contribution >= 4 is 17.7 Å². The molecule has 0 bridgehead atoms. The molecule has 1 fully saturated rings. The number of piperidine rings is 1. The molecule has 1 atom stereocenters. The molecule has 2 rings (SSSR count). The first-order valence-corrected chi connectivity index (χ1v) is 7.90. The van der Waals surface area contributed by atoms with Crippen molar-refractivity contribution in [3.63, 3.8) is 0 Å². The normalized spacial score (nSPS) is 17.7. The monoisotopic (exact) mass is 320 g/mol. The van der Waals surface area contributed by atoms with Crippen LogP contribution in [0.4, 0.5) is 10.5 Å². The molecule has 1 saturated heterocycles. The summed E-state index contributed by atoms with van der Waals surface area (Å²) in [6.45, 7) is 4.89. The maximum atomic E-state index is 12.5. The minimum absolute atomic E-state index is 0.0255. The Labute approximate surface area is 136 Å². The van der Waals surface area contributed by atoms with Crippen molar-refractivity contribution in [2.75, 3.05) is 25.5 Å². The van der Waals surface area contributed by atoms with E-state index in [4.69, 9.17) is 9.47 Å². The van der Waals surface area contributed by atoms with E-state index in [-0.39, 0.29) is 24.0 Å². The highest BCUT2D eigenvalue weighted by Gasteiger charge is 2.29. The van der Waals surface area contributed by atoms with Gasteiger partial charge in [0.05, 0.1) is 24.8 Å². The van der Waals surface area contributed by atoms with Gasteiger partial charge in [0.25, 0.3) is 0 Å². The van der Waals surface area contributed by atoms with Crippen molar-refractivity contribution in [2.24, 2.45) is 5.92 Å². The number of methoxy groups -OCH3 is 1. The number of ether oxygens (including phenoxy) is 2. The van der Waals surface area contributed by atoms with Gasteiger partial charge in [0, 0.05) is 13.1 Å². The third kappa shape index (κ3) is 4.61. The Morgan fingerprint density at radius 1 is 1.30 bits per heavy atom. The Morgan fingerprint density at radius 2 is 2.04 bits per heavy atom. The molecular formula is C17H24N2O4. The molecule has 1 heterocycles. The predicted octanol–water partition coefficient (Wildman–Crippen LogP) is 2.89. The Morgan fingerprint density at radius 3 is 2.74 bits per heavy atom. The fourth-order valence-corrected chi connectivity index (χ4v) is 2.65. The molecule has 0 radical (unpaired) electrons. The molecule has 0 saturated carbocycles. The number of likely N-dealkylation sites (tertiary alicyclic amines) is 1. The van der Waals surface area contributed by atoms with E-state index in [1.165, 1.54) is 7.11 Å². The minimum atomic E-state index is -0.383. The lowest BCUT2D eigenvalue weighted by atomic mass is 9.97. The quantitative estimate of drug-likeness (QED) is 0.926. The standard InChI is InChI=1S/C17H24N2O4/c1-12(2)23-15-9-5-4-8-14(15)18-16(20)13-7-6-10-19(11-13)17(21)22-3/h4-5,8-9,12-13H,6-7,10-11H2,1-3H3,(H,18,20). The Bertz CT molecular complexity index is 559. The lowest BCUT2D eigenvalue weighted by molar-refractivity contribution is -0.121. The lowest BCUT2D eigenvalue weighted by Crippen LogP contribution is -2.43. The van der Waals surface area contributed by atoms with Gasteiger partial charge in [-0.3, -0.25) is 4.79 Å². The largest absolute Gasteiger partial charge is 0.489 e. The predicted molar refractivity (Wildman–Crippen MR) is 87.5 cm³/mol. The van der Waals surface area contributed by atoms with Crippen LogP contribution in [-0.2, 0) is 9.53 Å². The summed E-state index contributed by atoms with van der Waals surface area (Å²) in [4.78, 5) is 25.7. The molecule has 1 aromatic rings. The maximum absolute atomic E-state index is 12.5. The van der Waals surface area contributed by atoms with Gasteiger partial charge < -0.3 is 19.7 Å². The van der Waals surface area contributed by atoms with Gasteiger partial charge in [-0.1, -0.05) is 12.1 Å². The number of rotatable bonds is 4. The van der Waals surface area contributed by atoms with Crippen molar-refractivity contribution in [3.8, 4) is 5.75 Å². The summed E-state index contributed by atoms with van der Waals surface area (Å²) < 4.78 is 10.4. The molecule has 23 heavy (non-hydrogen) atoms. The third-order valence-electron chi connectivity index (χ3n) is 3.73. The second-order valence-corrected chi connectivity index (χ2v) is 5.91. The maximum Gasteiger partial charge on any atom is 0.409 e. The van der Waals surface area contributed by atoms with E-state index in [0.29, 0.717) is 24.5 Å². The molecule has 126 valence electrons. The molecule has 1 aliphatic heterocycles. The van der Waals surface area contributed by atoms with E-state index in [1.807, 2.05) is 38.1 Å². The molecule has 1 N–H and O–H groups in total. The van der Waals surface area contributed by atoms with E-state index in [9.17, 15) is 9.59 Å². The van der Waals surface area contributed by atoms with Gasteiger partial charge in [-0.25, -0.2) is 4.79 Å². The van der Waals surface area contributed by atoms with Gasteiger partial charge in [0.15, 0.2) is 0 Å². The van der Waals surface area contributed by atoms with Gasteiger partial charge in [0.2, 0.25) is 5.91 Å². The molecule has 2 amide bonds. The summed E-state index contributed by atoms with van der Waals surface area (Å²) >= 11 is 0. The fourth-order valence-electron chi connectivity index (χ4n) is 2.65. The molecule has 1 aliphatic rings. The van der Waals surface area contributed by atoms with Crippen LogP contribution in [0.15, 0.2) is 24.3 Å². The number of benzene rings is 1. The van der Waals surface area contributed by atoms with Crippen LogP contribution in [0.5, 0.6) is 5.75 Å². The Balaban J connectivity index is 2.03. The van der Waals surface area contributed by atoms with Crippen LogP contribution in [0.1, 0.15) is 26.7 Å². The molecule has 6 heteroatoms. The smallest absolute Gasteiger partial charge is 0.409 e. The molecule has 1 aromatic carbocycles. The Hall–Kier alpha value is -2.24. The first kappa shape index (κ1) is 17.1. The van der Waals surface area contributed by atoms with Crippen LogP contribution in [0.3, 0.4) is 0 Å². The van der Waals surface area contributed by atoms with Crippen LogP contribution in [0.2, 0.25) is 0 Å². The highest BCUT2D eigenvalue weighted by molar-refractivity contribution is 5.94. The number of carbonyl (C=O) groups is 2. The van der Waals surface area contributed by atoms with Crippen LogP contribution in [0.25, 0.3) is 0 Å². The molecule has 0 spiro atoms. The Kier molecular flexibility index (Phi) is 5.84. The van der Waals surface area contributed by atoms with Gasteiger partial charge >= 0.3 is 6.09 Å². The second-order valence-electron chi connectivity index (χ2n) is 5.91. The van der Waals surface area contributed by atoms with Gasteiger partial charge in [0.1, 0.15) is 5.75 Å². The summed E-state index contributed by atoms with van der Waals surface area (Å²) in [6.07, 6.45) is 1.19. The number of nitrogens with zero attached hydrogens (tertiary/aromatic N) is 1. The van der Waals surface area contributed by atoms with Gasteiger partial charge in [-0.2, -0.15) is 0 Å². The molecule has 0 aromatic heterocycles. The lowest BCUT2D eigenvalue weighted by Gasteiger charge is -2.31. The highest BCUT2D eigenvalue weighted by atomic mass is 16.5. The van der Waals surface area contributed by atoms with Gasteiger partial charge in [-0.15, -0.1) is 0 Å². The van der Waals surface area contributed by atoms with E-state index >= 15 is 0 Å². The molecular weight excluding hydrogens is 296 g/mol. The van der Waals surface area contributed by atoms with Crippen molar-refractivity contribution in [3.05, 3.63) is 24.3 Å². The second kappa shape index (κ2) is 7.85. The topological polar surface area (TPSA) is 67.9 Å². The van der Waals surface area contributed by atoms with E-state index < -0.39 is 0 Å². The first-order chi connectivity index (χ1) is 11.0. The van der Waals surface area contributed by atoms with Crippen LogP contribution < -0.4 is 10.1 Å². The third-order valence-corrected chi connectivity index (χ3v) is 3.73. The number of amides is 2. The zero-order chi connectivity index (χ0) is 16.8. The summed E-state index contributed by atoms with van der Waals surface area (Å²) in [5.74, 6) is 0.310. The van der Waals surface area contributed by atoms with Crippen molar-refractivity contribution in [2.45, 2.75) is 32.8 Å². The van der Waals surface area contributed by atoms with E-state index in [0.717, 1.165) is 12.8 Å². The minimum Gasteiger partial charge on any atom is -0.489 e. The highest BCUT2D eigenvalue weighted by Crippen LogP contribution is 2.26. The number of anilines is 1. The molecule has 6 nitrogen and oxygen atoms in total. The SMILES string of the molecule is COC(=O)N1CCCC(C(=O)Nc2ccccc2OC(C)C)C1.